The molecule has 2 nitrogen and oxygen atoms in total. The van der Waals surface area contributed by atoms with Gasteiger partial charge in [-0.2, -0.15) is 0 Å². The van der Waals surface area contributed by atoms with E-state index in [2.05, 4.69) is 4.98 Å². The van der Waals surface area contributed by atoms with Crippen LogP contribution < -0.4 is 5.73 Å². The topological polar surface area (TPSA) is 38.9 Å². The monoisotopic (exact) mass is 234 g/mol. The highest BCUT2D eigenvalue weighted by molar-refractivity contribution is 6.33. The minimum absolute atomic E-state index is 0.207. The van der Waals surface area contributed by atoms with E-state index in [0.717, 1.165) is 19.3 Å². The summed E-state index contributed by atoms with van der Waals surface area (Å²) < 4.78 is 13.1. The SMILES string of the molecule is NC1(c2cc(F)c(Cl)nc2Cl)CCC1. The molecule has 0 amide bonds. The molecule has 0 spiro atoms. The van der Waals surface area contributed by atoms with Crippen LogP contribution in [0.5, 0.6) is 0 Å². The van der Waals surface area contributed by atoms with E-state index in [1.165, 1.54) is 6.07 Å². The van der Waals surface area contributed by atoms with Crippen molar-refractivity contribution in [1.82, 2.24) is 4.98 Å². The zero-order chi connectivity index (χ0) is 10.3. The van der Waals surface area contributed by atoms with Gasteiger partial charge in [-0.3, -0.25) is 0 Å². The Morgan fingerprint density at radius 3 is 2.50 bits per heavy atom. The van der Waals surface area contributed by atoms with Crippen LogP contribution in [0.15, 0.2) is 6.07 Å². The van der Waals surface area contributed by atoms with Crippen molar-refractivity contribution < 1.29 is 4.39 Å². The molecular weight excluding hydrogens is 226 g/mol. The number of pyridine rings is 1. The zero-order valence-electron chi connectivity index (χ0n) is 7.36. The number of hydrogen-bond donors (Lipinski definition) is 1. The maximum Gasteiger partial charge on any atom is 0.166 e. The van der Waals surface area contributed by atoms with Gasteiger partial charge in [0.2, 0.25) is 0 Å². The minimum Gasteiger partial charge on any atom is -0.321 e. The van der Waals surface area contributed by atoms with Gasteiger partial charge in [0, 0.05) is 11.1 Å². The fraction of sp³-hybridized carbons (Fsp3) is 0.444. The fourth-order valence-corrected chi connectivity index (χ4v) is 2.13. The average Bonchev–Trinajstić information content (AvgIpc) is 2.07. The second-order valence-corrected chi connectivity index (χ2v) is 4.33. The van der Waals surface area contributed by atoms with E-state index >= 15 is 0 Å². The van der Waals surface area contributed by atoms with Gasteiger partial charge in [0.25, 0.3) is 0 Å². The molecule has 1 saturated carbocycles. The number of aromatic nitrogens is 1. The Kier molecular flexibility index (Phi) is 2.41. The summed E-state index contributed by atoms with van der Waals surface area (Å²) in [6, 6.07) is 1.29. The van der Waals surface area contributed by atoms with Crippen LogP contribution in [0.25, 0.3) is 0 Å². The molecule has 5 heteroatoms. The smallest absolute Gasteiger partial charge is 0.166 e. The van der Waals surface area contributed by atoms with Gasteiger partial charge in [0.15, 0.2) is 11.0 Å². The summed E-state index contributed by atoms with van der Waals surface area (Å²) in [6.07, 6.45) is 2.67. The van der Waals surface area contributed by atoms with Crippen LogP contribution in [0.3, 0.4) is 0 Å². The van der Waals surface area contributed by atoms with E-state index in [4.69, 9.17) is 28.9 Å². The standard InChI is InChI=1S/C9H9Cl2FN2/c10-7-5(9(13)2-1-3-9)4-6(12)8(11)14-7/h4H,1-3,13H2. The normalized spacial score (nSPS) is 19.1. The molecule has 1 aliphatic carbocycles. The third-order valence-electron chi connectivity index (χ3n) is 2.67. The molecular formula is C9H9Cl2FN2. The van der Waals surface area contributed by atoms with Crippen LogP contribution in [0.1, 0.15) is 24.8 Å². The van der Waals surface area contributed by atoms with Crippen molar-refractivity contribution in [2.75, 3.05) is 0 Å². The molecule has 1 fully saturated rings. The van der Waals surface area contributed by atoms with Gasteiger partial charge in [-0.25, -0.2) is 9.37 Å². The Bertz CT molecular complexity index is 377. The molecule has 0 atom stereocenters. The molecule has 0 unspecified atom stereocenters. The second-order valence-electron chi connectivity index (χ2n) is 3.61. The lowest BCUT2D eigenvalue weighted by Gasteiger charge is -2.38. The van der Waals surface area contributed by atoms with E-state index in [9.17, 15) is 4.39 Å². The summed E-state index contributed by atoms with van der Waals surface area (Å²) in [5, 5.41) is 0.000253. The summed E-state index contributed by atoms with van der Waals surface area (Å²) in [6.45, 7) is 0. The predicted octanol–water partition coefficient (Wildman–Crippen LogP) is 2.87. The van der Waals surface area contributed by atoms with Crippen LogP contribution in [0.2, 0.25) is 10.3 Å². The third kappa shape index (κ3) is 1.49. The predicted molar refractivity (Wildman–Crippen MR) is 53.9 cm³/mol. The Balaban J connectivity index is 2.48. The Morgan fingerprint density at radius 2 is 2.00 bits per heavy atom. The lowest BCUT2D eigenvalue weighted by atomic mass is 9.73. The maximum atomic E-state index is 13.1. The molecule has 0 bridgehead atoms. The van der Waals surface area contributed by atoms with Crippen LogP contribution in [-0.2, 0) is 5.54 Å². The van der Waals surface area contributed by atoms with Gasteiger partial charge in [0.05, 0.1) is 0 Å². The zero-order valence-corrected chi connectivity index (χ0v) is 8.87. The van der Waals surface area contributed by atoms with Crippen molar-refractivity contribution in [2.24, 2.45) is 5.73 Å². The molecule has 0 radical (unpaired) electrons. The summed E-state index contributed by atoms with van der Waals surface area (Å²) >= 11 is 11.3. The number of halogens is 3. The van der Waals surface area contributed by atoms with Gasteiger partial charge >= 0.3 is 0 Å². The number of hydrogen-bond acceptors (Lipinski definition) is 2. The molecule has 2 N–H and O–H groups in total. The molecule has 76 valence electrons. The van der Waals surface area contributed by atoms with Crippen molar-refractivity contribution in [3.63, 3.8) is 0 Å². The molecule has 1 heterocycles. The number of rotatable bonds is 1. The number of nitrogens with two attached hydrogens (primary N) is 1. The van der Waals surface area contributed by atoms with Crippen LogP contribution in [0.4, 0.5) is 4.39 Å². The Hall–Kier alpha value is -0.380. The van der Waals surface area contributed by atoms with E-state index in [-0.39, 0.29) is 10.3 Å². The van der Waals surface area contributed by atoms with E-state index in [0.29, 0.717) is 5.56 Å². The Labute approximate surface area is 91.2 Å². The molecule has 0 aliphatic heterocycles. The molecule has 1 aliphatic rings. The highest BCUT2D eigenvalue weighted by Gasteiger charge is 2.37. The van der Waals surface area contributed by atoms with Gasteiger partial charge < -0.3 is 5.73 Å². The van der Waals surface area contributed by atoms with Crippen molar-refractivity contribution in [3.8, 4) is 0 Å². The third-order valence-corrected chi connectivity index (χ3v) is 3.22. The minimum atomic E-state index is -0.567. The van der Waals surface area contributed by atoms with Crippen molar-refractivity contribution in [3.05, 3.63) is 27.8 Å². The first-order chi connectivity index (χ1) is 6.53. The summed E-state index contributed by atoms with van der Waals surface area (Å²) in [5.41, 5.74) is 6.07. The molecule has 0 aromatic carbocycles. The van der Waals surface area contributed by atoms with Gasteiger partial charge in [-0.15, -0.1) is 0 Å². The first kappa shape index (κ1) is 10.1. The summed E-state index contributed by atoms with van der Waals surface area (Å²) in [5.74, 6) is -0.567. The van der Waals surface area contributed by atoms with Crippen LogP contribution in [0, 0.1) is 5.82 Å². The average molecular weight is 235 g/mol. The summed E-state index contributed by atoms with van der Waals surface area (Å²) in [4.78, 5) is 3.70. The van der Waals surface area contributed by atoms with Crippen molar-refractivity contribution in [2.45, 2.75) is 24.8 Å². The highest BCUT2D eigenvalue weighted by atomic mass is 35.5. The van der Waals surface area contributed by atoms with Crippen LogP contribution >= 0.6 is 23.2 Å². The molecule has 14 heavy (non-hydrogen) atoms. The lowest BCUT2D eigenvalue weighted by molar-refractivity contribution is 0.252. The van der Waals surface area contributed by atoms with Crippen molar-refractivity contribution in [1.29, 1.82) is 0 Å². The van der Waals surface area contributed by atoms with Gasteiger partial charge in [-0.1, -0.05) is 23.2 Å². The highest BCUT2D eigenvalue weighted by Crippen LogP contribution is 2.41. The first-order valence-corrected chi connectivity index (χ1v) is 5.09. The van der Waals surface area contributed by atoms with Crippen molar-refractivity contribution >= 4 is 23.2 Å². The Morgan fingerprint density at radius 1 is 1.36 bits per heavy atom. The van der Waals surface area contributed by atoms with Gasteiger partial charge in [-0.05, 0) is 25.3 Å². The van der Waals surface area contributed by atoms with Crippen LogP contribution in [-0.4, -0.2) is 4.98 Å². The molecule has 2 rings (SSSR count). The van der Waals surface area contributed by atoms with Gasteiger partial charge in [0.1, 0.15) is 5.15 Å². The van der Waals surface area contributed by atoms with E-state index in [1.54, 1.807) is 0 Å². The van der Waals surface area contributed by atoms with E-state index in [1.807, 2.05) is 0 Å². The second kappa shape index (κ2) is 3.33. The first-order valence-electron chi connectivity index (χ1n) is 4.34. The molecule has 0 saturated heterocycles. The number of nitrogens with zero attached hydrogens (tertiary/aromatic N) is 1. The quantitative estimate of drug-likeness (QED) is 0.760. The maximum absolute atomic E-state index is 13.1. The summed E-state index contributed by atoms with van der Waals surface area (Å²) in [7, 11) is 0. The van der Waals surface area contributed by atoms with E-state index < -0.39 is 11.4 Å². The lowest BCUT2D eigenvalue weighted by Crippen LogP contribution is -2.43. The molecule has 1 aromatic rings. The fourth-order valence-electron chi connectivity index (χ4n) is 1.62. The molecule has 1 aromatic heterocycles. The largest absolute Gasteiger partial charge is 0.321 e.